The first-order chi connectivity index (χ1) is 16.7. The quantitative estimate of drug-likeness (QED) is 0.529. The molecule has 0 radical (unpaired) electrons. The van der Waals surface area contributed by atoms with Crippen LogP contribution in [0.2, 0.25) is 0 Å². The highest BCUT2D eigenvalue weighted by atomic mass is 16.6. The summed E-state index contributed by atoms with van der Waals surface area (Å²) in [6, 6.07) is 14.6. The second-order valence-corrected chi connectivity index (χ2v) is 9.38. The molecule has 1 aliphatic carbocycles. The van der Waals surface area contributed by atoms with Crippen LogP contribution < -0.4 is 10.6 Å². The Balaban J connectivity index is 1.35. The number of ether oxygens (including phenoxy) is 3. The van der Waals surface area contributed by atoms with Crippen LogP contribution in [0.4, 0.5) is 4.79 Å². The molecule has 1 saturated heterocycles. The van der Waals surface area contributed by atoms with Crippen molar-refractivity contribution in [3.05, 3.63) is 59.7 Å². The molecule has 0 aromatic heterocycles. The first-order valence-corrected chi connectivity index (χ1v) is 11.6. The summed E-state index contributed by atoms with van der Waals surface area (Å²) in [7, 11) is 0. The largest absolute Gasteiger partial charge is 0.481 e. The van der Waals surface area contributed by atoms with Gasteiger partial charge in [0.25, 0.3) is 0 Å². The Morgan fingerprint density at radius 2 is 1.71 bits per heavy atom. The summed E-state index contributed by atoms with van der Waals surface area (Å²) < 4.78 is 16.8. The van der Waals surface area contributed by atoms with Crippen molar-refractivity contribution in [2.24, 2.45) is 0 Å². The molecule has 1 fully saturated rings. The van der Waals surface area contributed by atoms with E-state index in [9.17, 15) is 19.5 Å². The average molecular weight is 483 g/mol. The molecule has 1 aliphatic heterocycles. The maximum Gasteiger partial charge on any atom is 0.407 e. The second-order valence-electron chi connectivity index (χ2n) is 9.38. The van der Waals surface area contributed by atoms with Crippen molar-refractivity contribution in [2.75, 3.05) is 26.4 Å². The molecular formula is C26H30N2O7. The Kier molecular flexibility index (Phi) is 7.37. The van der Waals surface area contributed by atoms with Crippen molar-refractivity contribution < 1.29 is 33.7 Å². The summed E-state index contributed by atoms with van der Waals surface area (Å²) in [6.45, 7) is 4.71. The number of nitrogens with one attached hydrogen (secondary N) is 2. The van der Waals surface area contributed by atoms with E-state index >= 15 is 0 Å². The Hall–Kier alpha value is -3.43. The SMILES string of the molecule is CC1(C)COCC(CNC(=O)C(CC(=O)O)NC(=O)OCC2c3ccccc3-c3ccccc32)O1. The molecule has 0 spiro atoms. The van der Waals surface area contributed by atoms with Crippen molar-refractivity contribution in [1.29, 1.82) is 0 Å². The first kappa shape index (κ1) is 24.7. The Bertz CT molecular complexity index is 1060. The first-order valence-electron chi connectivity index (χ1n) is 11.6. The van der Waals surface area contributed by atoms with Crippen LogP contribution in [-0.4, -0.2) is 67.2 Å². The number of aliphatic carboxylic acids is 1. The van der Waals surface area contributed by atoms with Crippen molar-refractivity contribution >= 4 is 18.0 Å². The number of benzene rings is 2. The molecule has 2 unspecified atom stereocenters. The number of rotatable bonds is 8. The van der Waals surface area contributed by atoms with Crippen LogP contribution in [0.25, 0.3) is 11.1 Å². The third kappa shape index (κ3) is 5.98. The minimum absolute atomic E-state index is 0.0591. The van der Waals surface area contributed by atoms with Crippen LogP contribution in [0.1, 0.15) is 37.3 Å². The van der Waals surface area contributed by atoms with E-state index < -0.39 is 36.0 Å². The van der Waals surface area contributed by atoms with Gasteiger partial charge in [-0.25, -0.2) is 4.79 Å². The average Bonchev–Trinajstić information content (AvgIpc) is 3.13. The topological polar surface area (TPSA) is 123 Å². The van der Waals surface area contributed by atoms with E-state index in [0.717, 1.165) is 22.3 Å². The fourth-order valence-corrected chi connectivity index (χ4v) is 4.56. The number of carbonyl (C=O) groups is 3. The highest BCUT2D eigenvalue weighted by Gasteiger charge is 2.32. The van der Waals surface area contributed by atoms with Gasteiger partial charge in [0.05, 0.1) is 31.3 Å². The van der Waals surface area contributed by atoms with Gasteiger partial charge >= 0.3 is 12.1 Å². The lowest BCUT2D eigenvalue weighted by molar-refractivity contribution is -0.180. The fourth-order valence-electron chi connectivity index (χ4n) is 4.56. The molecule has 2 atom stereocenters. The minimum atomic E-state index is -1.29. The molecule has 0 bridgehead atoms. The van der Waals surface area contributed by atoms with E-state index in [1.54, 1.807) is 0 Å². The number of amides is 2. The van der Waals surface area contributed by atoms with Gasteiger partial charge in [0.1, 0.15) is 12.6 Å². The lowest BCUT2D eigenvalue weighted by atomic mass is 9.98. The standard InChI is InChI=1S/C26H30N2O7/c1-26(2)15-33-13-16(35-26)12-27-24(31)22(11-23(29)30)28-25(32)34-14-21-19-9-5-3-7-17(19)18-8-4-6-10-20(18)21/h3-10,16,21-22H,11-15H2,1-2H3,(H,27,31)(H,28,32)(H,29,30). The van der Waals surface area contributed by atoms with E-state index in [1.165, 1.54) is 0 Å². The van der Waals surface area contributed by atoms with Crippen LogP contribution in [0.5, 0.6) is 0 Å². The van der Waals surface area contributed by atoms with Crippen molar-refractivity contribution in [3.63, 3.8) is 0 Å². The van der Waals surface area contributed by atoms with Gasteiger partial charge in [-0.1, -0.05) is 48.5 Å². The van der Waals surface area contributed by atoms with E-state index in [1.807, 2.05) is 62.4 Å². The van der Waals surface area contributed by atoms with Gasteiger partial charge < -0.3 is 30.0 Å². The van der Waals surface area contributed by atoms with Crippen molar-refractivity contribution in [2.45, 2.75) is 43.9 Å². The molecular weight excluding hydrogens is 452 g/mol. The molecule has 2 aliphatic rings. The van der Waals surface area contributed by atoms with Crippen molar-refractivity contribution in [3.8, 4) is 11.1 Å². The summed E-state index contributed by atoms with van der Waals surface area (Å²) in [5.41, 5.74) is 3.82. The van der Waals surface area contributed by atoms with E-state index in [4.69, 9.17) is 14.2 Å². The second kappa shape index (κ2) is 10.5. The number of fused-ring (bicyclic) bond motifs is 3. The molecule has 2 amide bonds. The fraction of sp³-hybridized carbons (Fsp3) is 0.423. The van der Waals surface area contributed by atoms with Gasteiger partial charge in [-0.05, 0) is 36.1 Å². The van der Waals surface area contributed by atoms with Crippen LogP contribution in [0.15, 0.2) is 48.5 Å². The predicted octanol–water partition coefficient (Wildman–Crippen LogP) is 2.68. The highest BCUT2D eigenvalue weighted by Crippen LogP contribution is 2.44. The summed E-state index contributed by atoms with van der Waals surface area (Å²) in [6.07, 6.45) is -1.81. The zero-order valence-electron chi connectivity index (χ0n) is 19.8. The molecule has 9 heteroatoms. The smallest absolute Gasteiger partial charge is 0.407 e. The maximum absolute atomic E-state index is 12.7. The zero-order valence-corrected chi connectivity index (χ0v) is 19.8. The number of carboxylic acids is 1. The van der Waals surface area contributed by atoms with Gasteiger partial charge in [0.15, 0.2) is 0 Å². The molecule has 35 heavy (non-hydrogen) atoms. The van der Waals surface area contributed by atoms with Crippen LogP contribution in [0.3, 0.4) is 0 Å². The molecule has 2 aromatic carbocycles. The molecule has 4 rings (SSSR count). The van der Waals surface area contributed by atoms with Gasteiger partial charge in [-0.2, -0.15) is 0 Å². The van der Waals surface area contributed by atoms with Gasteiger partial charge in [-0.3, -0.25) is 9.59 Å². The molecule has 186 valence electrons. The Morgan fingerprint density at radius 3 is 2.31 bits per heavy atom. The van der Waals surface area contributed by atoms with Gasteiger partial charge in [-0.15, -0.1) is 0 Å². The molecule has 0 saturated carbocycles. The number of alkyl carbamates (subject to hydrolysis) is 1. The lowest BCUT2D eigenvalue weighted by Crippen LogP contribution is -2.52. The summed E-state index contributed by atoms with van der Waals surface area (Å²) in [5.74, 6) is -2.00. The third-order valence-electron chi connectivity index (χ3n) is 6.07. The van der Waals surface area contributed by atoms with Crippen LogP contribution in [0, 0.1) is 0 Å². The number of carbonyl (C=O) groups excluding carboxylic acids is 2. The minimum Gasteiger partial charge on any atom is -0.481 e. The summed E-state index contributed by atoms with van der Waals surface area (Å²) >= 11 is 0. The lowest BCUT2D eigenvalue weighted by Gasteiger charge is -2.36. The number of carboxylic acid groups (broad SMARTS) is 1. The van der Waals surface area contributed by atoms with Crippen molar-refractivity contribution in [1.82, 2.24) is 10.6 Å². The Labute approximate surface area is 203 Å². The maximum atomic E-state index is 12.7. The summed E-state index contributed by atoms with van der Waals surface area (Å²) in [4.78, 5) is 36.5. The van der Waals surface area contributed by atoms with E-state index in [2.05, 4.69) is 10.6 Å². The van der Waals surface area contributed by atoms with Crippen LogP contribution >= 0.6 is 0 Å². The normalized spacial score (nSPS) is 19.2. The van der Waals surface area contributed by atoms with Crippen LogP contribution in [-0.2, 0) is 23.8 Å². The zero-order chi connectivity index (χ0) is 25.0. The van der Waals surface area contributed by atoms with Gasteiger partial charge in [0.2, 0.25) is 5.91 Å². The highest BCUT2D eigenvalue weighted by molar-refractivity contribution is 5.89. The molecule has 1 heterocycles. The molecule has 9 nitrogen and oxygen atoms in total. The number of hydrogen-bond acceptors (Lipinski definition) is 6. The Morgan fingerprint density at radius 1 is 1.09 bits per heavy atom. The van der Waals surface area contributed by atoms with E-state index in [0.29, 0.717) is 13.2 Å². The molecule has 3 N–H and O–H groups in total. The predicted molar refractivity (Wildman–Crippen MR) is 127 cm³/mol. The van der Waals surface area contributed by atoms with Gasteiger partial charge in [0, 0.05) is 12.5 Å². The molecule has 2 aromatic rings. The monoisotopic (exact) mass is 482 g/mol. The third-order valence-corrected chi connectivity index (χ3v) is 6.07. The number of hydrogen-bond donors (Lipinski definition) is 3. The summed E-state index contributed by atoms with van der Waals surface area (Å²) in [5, 5.41) is 14.3. The van der Waals surface area contributed by atoms with E-state index in [-0.39, 0.29) is 25.2 Å².